The molecule has 0 amide bonds. The summed E-state index contributed by atoms with van der Waals surface area (Å²) in [4.78, 5) is 0. The maximum atomic E-state index is 6.37. The van der Waals surface area contributed by atoms with Crippen molar-refractivity contribution in [2.24, 2.45) is 5.10 Å². The lowest BCUT2D eigenvalue weighted by Crippen LogP contribution is -2.48. The van der Waals surface area contributed by atoms with E-state index in [1.165, 1.54) is 0 Å². The highest BCUT2D eigenvalue weighted by molar-refractivity contribution is 6.35. The molecule has 0 saturated heterocycles. The normalized spacial score (nSPS) is 20.4. The fourth-order valence-electron chi connectivity index (χ4n) is 3.44. The molecular formula is C19H18Cl2N2O2. The quantitative estimate of drug-likeness (QED) is 0.714. The zero-order valence-electron chi connectivity index (χ0n) is 14.2. The minimum absolute atomic E-state index is 0.0482. The topological polar surface area (TPSA) is 34.1 Å². The molecule has 0 aliphatic carbocycles. The van der Waals surface area contributed by atoms with E-state index in [9.17, 15) is 0 Å². The molecule has 4 rings (SSSR count). The first kappa shape index (κ1) is 16.6. The lowest BCUT2D eigenvalue weighted by atomic mass is 9.95. The summed E-state index contributed by atoms with van der Waals surface area (Å²) in [6.07, 6.45) is 0.767. The van der Waals surface area contributed by atoms with Crippen LogP contribution in [-0.4, -0.2) is 23.6 Å². The molecule has 0 radical (unpaired) electrons. The summed E-state index contributed by atoms with van der Waals surface area (Å²) in [5.74, 6) is 1.52. The van der Waals surface area contributed by atoms with Crippen LogP contribution in [0.25, 0.3) is 0 Å². The van der Waals surface area contributed by atoms with Gasteiger partial charge in [0, 0.05) is 17.0 Å². The van der Waals surface area contributed by atoms with Gasteiger partial charge in [-0.25, -0.2) is 5.01 Å². The van der Waals surface area contributed by atoms with Gasteiger partial charge in [-0.3, -0.25) is 0 Å². The van der Waals surface area contributed by atoms with Crippen molar-refractivity contribution in [1.29, 1.82) is 0 Å². The Hall–Kier alpha value is -1.91. The fraction of sp³-hybridized carbons (Fsp3) is 0.316. The van der Waals surface area contributed by atoms with Crippen LogP contribution < -0.4 is 9.47 Å². The van der Waals surface area contributed by atoms with Crippen molar-refractivity contribution in [2.75, 3.05) is 7.11 Å². The molecule has 2 aromatic carbocycles. The maximum absolute atomic E-state index is 6.37. The van der Waals surface area contributed by atoms with E-state index in [1.807, 2.05) is 49.2 Å². The van der Waals surface area contributed by atoms with Crippen LogP contribution in [0, 0.1) is 0 Å². The van der Waals surface area contributed by atoms with Gasteiger partial charge >= 0.3 is 0 Å². The number of hydrogen-bond donors (Lipinski definition) is 0. The van der Waals surface area contributed by atoms with Crippen LogP contribution in [0.1, 0.15) is 37.4 Å². The summed E-state index contributed by atoms with van der Waals surface area (Å²) in [5, 5.41) is 7.98. The van der Waals surface area contributed by atoms with Gasteiger partial charge in [-0.15, -0.1) is 0 Å². The second kappa shape index (κ2) is 5.82. The number of nitrogens with zero attached hydrogens (tertiary/aromatic N) is 2. The molecule has 0 aromatic heterocycles. The molecule has 0 N–H and O–H groups in total. The molecule has 2 aliphatic rings. The van der Waals surface area contributed by atoms with Gasteiger partial charge in [0.15, 0.2) is 5.72 Å². The Labute approximate surface area is 156 Å². The molecule has 2 heterocycles. The molecule has 1 atom stereocenters. The van der Waals surface area contributed by atoms with Crippen LogP contribution in [0.5, 0.6) is 11.5 Å². The van der Waals surface area contributed by atoms with Crippen LogP contribution in [0.4, 0.5) is 0 Å². The van der Waals surface area contributed by atoms with Gasteiger partial charge in [-0.05, 0) is 55.8 Å². The molecule has 4 nitrogen and oxygen atoms in total. The van der Waals surface area contributed by atoms with Crippen LogP contribution in [-0.2, 0) is 0 Å². The summed E-state index contributed by atoms with van der Waals surface area (Å²) in [5.41, 5.74) is 2.46. The van der Waals surface area contributed by atoms with Crippen molar-refractivity contribution in [3.05, 3.63) is 57.6 Å². The minimum Gasteiger partial charge on any atom is -0.497 e. The third-order valence-electron chi connectivity index (χ3n) is 4.63. The van der Waals surface area contributed by atoms with Crippen molar-refractivity contribution in [2.45, 2.75) is 32.0 Å². The number of ether oxygens (including phenoxy) is 2. The number of halogens is 2. The number of rotatable bonds is 2. The molecule has 0 bridgehead atoms. The summed E-state index contributed by atoms with van der Waals surface area (Å²) in [7, 11) is 1.66. The molecule has 25 heavy (non-hydrogen) atoms. The Kier molecular flexibility index (Phi) is 3.85. The average Bonchev–Trinajstić information content (AvgIpc) is 3.03. The fourth-order valence-corrected chi connectivity index (χ4v) is 3.99. The Morgan fingerprint density at radius 1 is 1.20 bits per heavy atom. The van der Waals surface area contributed by atoms with Crippen molar-refractivity contribution in [3.63, 3.8) is 0 Å². The van der Waals surface area contributed by atoms with E-state index in [4.69, 9.17) is 37.8 Å². The van der Waals surface area contributed by atoms with Crippen LogP contribution in [0.2, 0.25) is 10.0 Å². The Morgan fingerprint density at radius 3 is 2.60 bits per heavy atom. The molecule has 0 unspecified atom stereocenters. The lowest BCUT2D eigenvalue weighted by molar-refractivity contribution is -0.0910. The number of hydrogen-bond acceptors (Lipinski definition) is 4. The summed E-state index contributed by atoms with van der Waals surface area (Å²) in [6, 6.07) is 11.6. The zero-order valence-corrected chi connectivity index (χ0v) is 15.7. The monoisotopic (exact) mass is 376 g/mol. The van der Waals surface area contributed by atoms with Crippen molar-refractivity contribution < 1.29 is 9.47 Å². The summed E-state index contributed by atoms with van der Waals surface area (Å²) >= 11 is 12.6. The maximum Gasteiger partial charge on any atom is 0.192 e. The van der Waals surface area contributed by atoms with Crippen molar-refractivity contribution in [3.8, 4) is 11.5 Å². The molecule has 0 saturated carbocycles. The van der Waals surface area contributed by atoms with E-state index in [-0.39, 0.29) is 6.04 Å². The van der Waals surface area contributed by atoms with E-state index >= 15 is 0 Å². The Bertz CT molecular complexity index is 862. The largest absolute Gasteiger partial charge is 0.497 e. The first-order valence-electron chi connectivity index (χ1n) is 8.08. The number of benzene rings is 2. The van der Waals surface area contributed by atoms with Crippen molar-refractivity contribution >= 4 is 28.9 Å². The molecule has 6 heteroatoms. The van der Waals surface area contributed by atoms with Crippen LogP contribution in [0.15, 0.2) is 41.5 Å². The second-order valence-electron chi connectivity index (χ2n) is 6.69. The highest BCUT2D eigenvalue weighted by atomic mass is 35.5. The Balaban J connectivity index is 1.76. The van der Waals surface area contributed by atoms with Gasteiger partial charge in [0.1, 0.15) is 11.5 Å². The third kappa shape index (κ3) is 2.74. The predicted molar refractivity (Wildman–Crippen MR) is 99.9 cm³/mol. The van der Waals surface area contributed by atoms with E-state index in [1.54, 1.807) is 13.2 Å². The lowest BCUT2D eigenvalue weighted by Gasteiger charge is -2.44. The number of fused-ring (bicyclic) bond motifs is 3. The standard InChI is InChI=1S/C19H18Cl2N2O2/c1-19(2)23-17(14-8-12(20)9-15(21)18(14)25-19)10-16(22-23)11-4-6-13(24-3)7-5-11/h4-9,17H,10H2,1-3H3/t17-/m0/s1. The van der Waals surface area contributed by atoms with E-state index in [2.05, 4.69) is 0 Å². The van der Waals surface area contributed by atoms with E-state index < -0.39 is 5.72 Å². The van der Waals surface area contributed by atoms with Crippen LogP contribution in [0.3, 0.4) is 0 Å². The third-order valence-corrected chi connectivity index (χ3v) is 5.13. The van der Waals surface area contributed by atoms with Gasteiger partial charge < -0.3 is 9.47 Å². The van der Waals surface area contributed by atoms with Gasteiger partial charge in [0.2, 0.25) is 0 Å². The Morgan fingerprint density at radius 2 is 1.92 bits per heavy atom. The van der Waals surface area contributed by atoms with Gasteiger partial charge in [-0.2, -0.15) is 5.10 Å². The molecule has 2 aliphatic heterocycles. The summed E-state index contributed by atoms with van der Waals surface area (Å²) in [6.45, 7) is 3.99. The smallest absolute Gasteiger partial charge is 0.192 e. The molecular weight excluding hydrogens is 359 g/mol. The zero-order chi connectivity index (χ0) is 17.8. The number of methoxy groups -OCH3 is 1. The highest BCUT2D eigenvalue weighted by Gasteiger charge is 2.45. The first-order valence-corrected chi connectivity index (χ1v) is 8.84. The predicted octanol–water partition coefficient (Wildman–Crippen LogP) is 5.28. The molecule has 0 fully saturated rings. The van der Waals surface area contributed by atoms with Crippen LogP contribution >= 0.6 is 23.2 Å². The van der Waals surface area contributed by atoms with E-state index in [0.717, 1.165) is 29.0 Å². The van der Waals surface area contributed by atoms with Gasteiger partial charge in [-0.1, -0.05) is 23.2 Å². The van der Waals surface area contributed by atoms with Crippen molar-refractivity contribution in [1.82, 2.24) is 5.01 Å². The van der Waals surface area contributed by atoms with E-state index in [0.29, 0.717) is 15.8 Å². The SMILES string of the molecule is COc1ccc(C2=NN3[C@@H](C2)c2cc(Cl)cc(Cl)c2OC3(C)C)cc1. The van der Waals surface area contributed by atoms with Gasteiger partial charge in [0.05, 0.1) is 23.9 Å². The minimum atomic E-state index is -0.594. The second-order valence-corrected chi connectivity index (χ2v) is 7.54. The first-order chi connectivity index (χ1) is 11.9. The summed E-state index contributed by atoms with van der Waals surface area (Å²) < 4.78 is 11.4. The van der Waals surface area contributed by atoms with Gasteiger partial charge in [0.25, 0.3) is 0 Å². The molecule has 0 spiro atoms. The highest BCUT2D eigenvalue weighted by Crippen LogP contribution is 2.50. The molecule has 2 aromatic rings. The molecule has 130 valence electrons. The average molecular weight is 377 g/mol. The number of hydrazone groups is 1.